The van der Waals surface area contributed by atoms with Crippen molar-refractivity contribution in [3.05, 3.63) is 81.5 Å². The Hall–Kier alpha value is -2.15. The van der Waals surface area contributed by atoms with Crippen LogP contribution in [0.15, 0.2) is 64.9 Å². The van der Waals surface area contributed by atoms with Crippen LogP contribution in [0.1, 0.15) is 27.6 Å². The van der Waals surface area contributed by atoms with Crippen molar-refractivity contribution in [1.82, 2.24) is 4.72 Å². The Morgan fingerprint density at radius 2 is 1.69 bits per heavy atom. The summed E-state index contributed by atoms with van der Waals surface area (Å²) in [5.41, 5.74) is 2.88. The molecule has 0 aliphatic rings. The maximum atomic E-state index is 13.1. The smallest absolute Gasteiger partial charge is 0.245 e. The Labute approximate surface area is 158 Å². The summed E-state index contributed by atoms with van der Waals surface area (Å²) in [4.78, 5) is 1.08. The van der Waals surface area contributed by atoms with Crippen LogP contribution in [0.3, 0.4) is 0 Å². The van der Waals surface area contributed by atoms with Gasteiger partial charge in [-0.2, -0.15) is 4.72 Å². The van der Waals surface area contributed by atoms with Crippen LogP contribution in [-0.2, 0) is 10.0 Å². The molecule has 0 aliphatic heterocycles. The second-order valence-electron chi connectivity index (χ2n) is 6.13. The number of benzene rings is 2. The summed E-state index contributed by atoms with van der Waals surface area (Å²) < 4.78 is 34.4. The highest BCUT2D eigenvalue weighted by atomic mass is 32.2. The zero-order valence-electron chi connectivity index (χ0n) is 14.9. The molecule has 1 atom stereocenters. The third-order valence-electron chi connectivity index (χ3n) is 4.12. The van der Waals surface area contributed by atoms with Gasteiger partial charge in [0.25, 0.3) is 0 Å². The van der Waals surface area contributed by atoms with Crippen molar-refractivity contribution in [2.24, 2.45) is 0 Å². The minimum absolute atomic E-state index is 0.147. The standard InChI is InChI=1S/C20H21NO3S2/c1-14-6-9-16(10-7-14)20(18-5-4-12-25-18)21-26(22,23)19-13-15(2)8-11-17(19)24-3/h4-13,20-21H,1-3H3/t20-/m0/s1. The molecular formula is C20H21NO3S2. The molecule has 4 nitrogen and oxygen atoms in total. The molecule has 0 bridgehead atoms. The molecule has 0 radical (unpaired) electrons. The van der Waals surface area contributed by atoms with Gasteiger partial charge in [0.15, 0.2) is 0 Å². The van der Waals surface area contributed by atoms with Crippen molar-refractivity contribution in [3.8, 4) is 5.75 Å². The van der Waals surface area contributed by atoms with E-state index in [2.05, 4.69) is 4.72 Å². The number of hydrogen-bond acceptors (Lipinski definition) is 4. The summed E-state index contributed by atoms with van der Waals surface area (Å²) in [6, 6.07) is 16.4. The third kappa shape index (κ3) is 3.98. The van der Waals surface area contributed by atoms with Gasteiger partial charge >= 0.3 is 0 Å². The van der Waals surface area contributed by atoms with E-state index in [4.69, 9.17) is 4.74 Å². The third-order valence-corrected chi connectivity index (χ3v) is 6.50. The molecule has 0 amide bonds. The highest BCUT2D eigenvalue weighted by molar-refractivity contribution is 7.89. The molecule has 3 aromatic rings. The zero-order chi connectivity index (χ0) is 18.7. The van der Waals surface area contributed by atoms with Gasteiger partial charge < -0.3 is 4.74 Å². The number of thiophene rings is 1. The first-order valence-electron chi connectivity index (χ1n) is 8.17. The molecule has 0 saturated heterocycles. The quantitative estimate of drug-likeness (QED) is 0.680. The molecular weight excluding hydrogens is 366 g/mol. The zero-order valence-corrected chi connectivity index (χ0v) is 16.5. The van der Waals surface area contributed by atoms with Gasteiger partial charge in [0.2, 0.25) is 10.0 Å². The van der Waals surface area contributed by atoms with Crippen molar-refractivity contribution >= 4 is 21.4 Å². The molecule has 26 heavy (non-hydrogen) atoms. The molecule has 0 saturated carbocycles. The second kappa shape index (κ2) is 7.61. The first-order valence-corrected chi connectivity index (χ1v) is 10.5. The Bertz CT molecular complexity index is 978. The van der Waals surface area contributed by atoms with Gasteiger partial charge in [-0.05, 0) is 48.6 Å². The predicted molar refractivity (Wildman–Crippen MR) is 105 cm³/mol. The van der Waals surface area contributed by atoms with Crippen LogP contribution in [-0.4, -0.2) is 15.5 Å². The second-order valence-corrected chi connectivity index (χ2v) is 8.80. The van der Waals surface area contributed by atoms with Crippen molar-refractivity contribution in [2.45, 2.75) is 24.8 Å². The van der Waals surface area contributed by atoms with Crippen molar-refractivity contribution < 1.29 is 13.2 Å². The predicted octanol–water partition coefficient (Wildman–Crippen LogP) is 4.44. The lowest BCUT2D eigenvalue weighted by Gasteiger charge is -2.19. The van der Waals surface area contributed by atoms with Crippen LogP contribution in [0.4, 0.5) is 0 Å². The lowest BCUT2D eigenvalue weighted by Crippen LogP contribution is -2.29. The van der Waals surface area contributed by atoms with Gasteiger partial charge in [-0.15, -0.1) is 11.3 Å². The summed E-state index contributed by atoms with van der Waals surface area (Å²) in [7, 11) is -2.30. The van der Waals surface area contributed by atoms with Gasteiger partial charge in [-0.3, -0.25) is 0 Å². The molecule has 0 fully saturated rings. The van der Waals surface area contributed by atoms with Crippen LogP contribution >= 0.6 is 11.3 Å². The summed E-state index contributed by atoms with van der Waals surface area (Å²) in [6.07, 6.45) is 0. The van der Waals surface area contributed by atoms with E-state index < -0.39 is 16.1 Å². The maximum absolute atomic E-state index is 13.1. The van der Waals surface area contributed by atoms with Crippen molar-refractivity contribution in [3.63, 3.8) is 0 Å². The van der Waals surface area contributed by atoms with Crippen LogP contribution in [0.2, 0.25) is 0 Å². The summed E-state index contributed by atoms with van der Waals surface area (Å²) in [5.74, 6) is 0.330. The number of nitrogens with one attached hydrogen (secondary N) is 1. The van der Waals surface area contributed by atoms with Gasteiger partial charge in [0.1, 0.15) is 10.6 Å². The van der Waals surface area contributed by atoms with E-state index >= 15 is 0 Å². The molecule has 2 aromatic carbocycles. The number of sulfonamides is 1. The average molecular weight is 388 g/mol. The molecule has 1 heterocycles. The normalized spacial score (nSPS) is 12.7. The van der Waals surface area contributed by atoms with E-state index in [1.165, 1.54) is 18.4 Å². The van der Waals surface area contributed by atoms with Crippen LogP contribution in [0, 0.1) is 13.8 Å². The largest absolute Gasteiger partial charge is 0.495 e. The van der Waals surface area contributed by atoms with Gasteiger partial charge in [-0.25, -0.2) is 8.42 Å². The van der Waals surface area contributed by atoms with Crippen molar-refractivity contribution in [2.75, 3.05) is 7.11 Å². The highest BCUT2D eigenvalue weighted by Gasteiger charge is 2.26. The fourth-order valence-corrected chi connectivity index (χ4v) is 5.05. The Morgan fingerprint density at radius 3 is 2.31 bits per heavy atom. The molecule has 0 unspecified atom stereocenters. The first-order chi connectivity index (χ1) is 12.4. The summed E-state index contributed by atoms with van der Waals surface area (Å²) in [6.45, 7) is 3.86. The molecule has 0 aliphatic carbocycles. The summed E-state index contributed by atoms with van der Waals surface area (Å²) >= 11 is 1.52. The van der Waals surface area contributed by atoms with E-state index in [9.17, 15) is 8.42 Å². The SMILES string of the molecule is COc1ccc(C)cc1S(=O)(=O)N[C@@H](c1ccc(C)cc1)c1cccs1. The van der Waals surface area contributed by atoms with Gasteiger partial charge in [0, 0.05) is 4.88 Å². The molecule has 1 aromatic heterocycles. The molecule has 1 N–H and O–H groups in total. The monoisotopic (exact) mass is 387 g/mol. The van der Waals surface area contributed by atoms with E-state index in [0.717, 1.165) is 21.6 Å². The first kappa shape index (κ1) is 18.6. The average Bonchev–Trinajstić information content (AvgIpc) is 3.15. The number of aryl methyl sites for hydroxylation is 2. The molecule has 136 valence electrons. The Balaban J connectivity index is 2.04. The fourth-order valence-electron chi connectivity index (χ4n) is 2.72. The van der Waals surface area contributed by atoms with Crippen LogP contribution in [0.25, 0.3) is 0 Å². The van der Waals surface area contributed by atoms with Crippen LogP contribution < -0.4 is 9.46 Å². The van der Waals surface area contributed by atoms with Gasteiger partial charge in [-0.1, -0.05) is 42.0 Å². The molecule has 6 heteroatoms. The number of rotatable bonds is 6. The van der Waals surface area contributed by atoms with E-state index in [-0.39, 0.29) is 4.90 Å². The number of methoxy groups -OCH3 is 1. The lowest BCUT2D eigenvalue weighted by atomic mass is 10.0. The minimum Gasteiger partial charge on any atom is -0.495 e. The van der Waals surface area contributed by atoms with Gasteiger partial charge in [0.05, 0.1) is 13.2 Å². The van der Waals surface area contributed by atoms with Crippen LogP contribution in [0.5, 0.6) is 5.75 Å². The van der Waals surface area contributed by atoms with E-state index in [1.807, 2.05) is 61.7 Å². The maximum Gasteiger partial charge on any atom is 0.245 e. The molecule has 3 rings (SSSR count). The Morgan fingerprint density at radius 1 is 1.00 bits per heavy atom. The van der Waals surface area contributed by atoms with E-state index in [1.54, 1.807) is 12.1 Å². The summed E-state index contributed by atoms with van der Waals surface area (Å²) in [5, 5.41) is 1.94. The fraction of sp³-hybridized carbons (Fsp3) is 0.200. The lowest BCUT2D eigenvalue weighted by molar-refractivity contribution is 0.402. The number of hydrogen-bond donors (Lipinski definition) is 1. The number of ether oxygens (including phenoxy) is 1. The highest BCUT2D eigenvalue weighted by Crippen LogP contribution is 2.31. The minimum atomic E-state index is -3.78. The van der Waals surface area contributed by atoms with E-state index in [0.29, 0.717) is 5.75 Å². The Kier molecular flexibility index (Phi) is 5.46. The molecule has 0 spiro atoms. The topological polar surface area (TPSA) is 55.4 Å². The van der Waals surface area contributed by atoms with Crippen molar-refractivity contribution in [1.29, 1.82) is 0 Å².